The van der Waals surface area contributed by atoms with Crippen molar-refractivity contribution < 1.29 is 28.6 Å². The summed E-state index contributed by atoms with van der Waals surface area (Å²) in [4.78, 5) is 38.0. The summed E-state index contributed by atoms with van der Waals surface area (Å²) in [5.41, 5.74) is 0. The minimum Gasteiger partial charge on any atom is -0.462 e. The summed E-state index contributed by atoms with van der Waals surface area (Å²) in [6.45, 7) is 6.38. The van der Waals surface area contributed by atoms with E-state index >= 15 is 0 Å². The molecule has 0 bridgehead atoms. The van der Waals surface area contributed by atoms with Crippen molar-refractivity contribution in [2.45, 2.75) is 232 Å². The van der Waals surface area contributed by atoms with Gasteiger partial charge in [-0.15, -0.1) is 0 Å². The second kappa shape index (κ2) is 54.4. The molecule has 0 aliphatic heterocycles. The molecular formula is C61H98O6. The van der Waals surface area contributed by atoms with Crippen LogP contribution in [0.5, 0.6) is 0 Å². The Morgan fingerprint density at radius 1 is 0.313 bits per heavy atom. The Kier molecular flexibility index (Phi) is 51.0. The first-order valence-corrected chi connectivity index (χ1v) is 27.0. The number of carbonyl (C=O) groups excluding carboxylic acids is 3. The lowest BCUT2D eigenvalue weighted by atomic mass is 10.1. The predicted octanol–water partition coefficient (Wildman–Crippen LogP) is 18.1. The summed E-state index contributed by atoms with van der Waals surface area (Å²) >= 11 is 0. The van der Waals surface area contributed by atoms with E-state index in [2.05, 4.69) is 142 Å². The first-order valence-electron chi connectivity index (χ1n) is 27.0. The van der Waals surface area contributed by atoms with Gasteiger partial charge in [-0.3, -0.25) is 14.4 Å². The molecule has 0 aliphatic rings. The van der Waals surface area contributed by atoms with Crippen molar-refractivity contribution in [3.8, 4) is 0 Å². The number of allylic oxidation sites excluding steroid dienone is 20. The molecule has 0 unspecified atom stereocenters. The normalized spacial score (nSPS) is 13.1. The summed E-state index contributed by atoms with van der Waals surface area (Å²) in [6.07, 6.45) is 74.8. The number of hydrogen-bond donors (Lipinski definition) is 0. The topological polar surface area (TPSA) is 78.9 Å². The molecule has 0 rings (SSSR count). The van der Waals surface area contributed by atoms with E-state index in [0.29, 0.717) is 19.3 Å². The number of carbonyl (C=O) groups is 3. The number of ether oxygens (including phenoxy) is 3. The molecule has 0 heterocycles. The van der Waals surface area contributed by atoms with Crippen LogP contribution in [0.1, 0.15) is 226 Å². The Hall–Kier alpha value is -4.19. The number of hydrogen-bond acceptors (Lipinski definition) is 6. The van der Waals surface area contributed by atoms with Gasteiger partial charge in [-0.25, -0.2) is 0 Å². The summed E-state index contributed by atoms with van der Waals surface area (Å²) in [5, 5.41) is 0. The SMILES string of the molecule is CC/C=C\C/C=C\C/C=C\C/C=C\C/C=C\CCCC(=O)OC[C@H](COC(=O)CCCCCCC/C=C\CCCCCCCC)OC(=O)CCC/C=C\C/C=C\C/C=C\C/C=C\CCCCC. The van der Waals surface area contributed by atoms with Crippen molar-refractivity contribution in [3.05, 3.63) is 122 Å². The van der Waals surface area contributed by atoms with Crippen LogP contribution in [0.4, 0.5) is 0 Å². The molecule has 67 heavy (non-hydrogen) atoms. The van der Waals surface area contributed by atoms with Crippen LogP contribution < -0.4 is 0 Å². The Labute approximate surface area is 412 Å². The third kappa shape index (κ3) is 52.6. The molecule has 6 nitrogen and oxygen atoms in total. The first kappa shape index (κ1) is 62.8. The smallest absolute Gasteiger partial charge is 0.306 e. The lowest BCUT2D eigenvalue weighted by Crippen LogP contribution is -2.30. The van der Waals surface area contributed by atoms with E-state index in [-0.39, 0.29) is 44.0 Å². The number of unbranched alkanes of at least 4 members (excludes halogenated alkanes) is 16. The minimum atomic E-state index is -0.836. The maximum atomic E-state index is 12.8. The molecule has 0 radical (unpaired) electrons. The zero-order chi connectivity index (χ0) is 48.6. The van der Waals surface area contributed by atoms with Crippen LogP contribution in [0.15, 0.2) is 122 Å². The Balaban J connectivity index is 4.60. The van der Waals surface area contributed by atoms with Gasteiger partial charge in [0, 0.05) is 19.3 Å². The summed E-state index contributed by atoms with van der Waals surface area (Å²) in [6, 6.07) is 0. The van der Waals surface area contributed by atoms with E-state index in [1.165, 1.54) is 77.0 Å². The molecule has 378 valence electrons. The van der Waals surface area contributed by atoms with E-state index in [1.54, 1.807) is 0 Å². The second-order valence-electron chi connectivity index (χ2n) is 17.4. The zero-order valence-corrected chi connectivity index (χ0v) is 43.1. The number of esters is 3. The summed E-state index contributed by atoms with van der Waals surface area (Å²) < 4.78 is 16.7. The molecule has 0 aromatic rings. The molecule has 0 saturated carbocycles. The average molecular weight is 927 g/mol. The van der Waals surface area contributed by atoms with Crippen molar-refractivity contribution >= 4 is 17.9 Å². The van der Waals surface area contributed by atoms with Crippen LogP contribution in [-0.2, 0) is 28.6 Å². The fraction of sp³-hybridized carbons (Fsp3) is 0.623. The van der Waals surface area contributed by atoms with E-state index in [0.717, 1.165) is 96.3 Å². The van der Waals surface area contributed by atoms with E-state index in [1.807, 2.05) is 0 Å². The summed E-state index contributed by atoms with van der Waals surface area (Å²) in [7, 11) is 0. The molecule has 0 amide bonds. The molecule has 0 aromatic heterocycles. The van der Waals surface area contributed by atoms with Crippen LogP contribution in [0.2, 0.25) is 0 Å². The fourth-order valence-electron chi connectivity index (χ4n) is 6.88. The highest BCUT2D eigenvalue weighted by Crippen LogP contribution is 2.12. The van der Waals surface area contributed by atoms with Crippen LogP contribution in [0.3, 0.4) is 0 Å². The Morgan fingerprint density at radius 3 is 1.01 bits per heavy atom. The van der Waals surface area contributed by atoms with Crippen LogP contribution >= 0.6 is 0 Å². The van der Waals surface area contributed by atoms with Gasteiger partial charge in [-0.05, 0) is 122 Å². The maximum absolute atomic E-state index is 12.8. The van der Waals surface area contributed by atoms with E-state index < -0.39 is 6.10 Å². The highest BCUT2D eigenvalue weighted by Gasteiger charge is 2.19. The van der Waals surface area contributed by atoms with Crippen molar-refractivity contribution in [2.75, 3.05) is 13.2 Å². The van der Waals surface area contributed by atoms with Gasteiger partial charge in [-0.1, -0.05) is 206 Å². The molecule has 0 aliphatic carbocycles. The van der Waals surface area contributed by atoms with Crippen molar-refractivity contribution in [1.82, 2.24) is 0 Å². The quantitative estimate of drug-likeness (QED) is 0.0262. The van der Waals surface area contributed by atoms with Crippen molar-refractivity contribution in [2.24, 2.45) is 0 Å². The van der Waals surface area contributed by atoms with Crippen molar-refractivity contribution in [1.29, 1.82) is 0 Å². The Bertz CT molecular complexity index is 1440. The van der Waals surface area contributed by atoms with Gasteiger partial charge in [-0.2, -0.15) is 0 Å². The average Bonchev–Trinajstić information content (AvgIpc) is 3.33. The largest absolute Gasteiger partial charge is 0.462 e. The minimum absolute atomic E-state index is 0.125. The monoisotopic (exact) mass is 927 g/mol. The molecule has 6 heteroatoms. The van der Waals surface area contributed by atoms with Gasteiger partial charge < -0.3 is 14.2 Å². The van der Waals surface area contributed by atoms with Crippen molar-refractivity contribution in [3.63, 3.8) is 0 Å². The highest BCUT2D eigenvalue weighted by molar-refractivity contribution is 5.71. The van der Waals surface area contributed by atoms with E-state index in [4.69, 9.17) is 14.2 Å². The van der Waals surface area contributed by atoms with Crippen LogP contribution in [0, 0.1) is 0 Å². The van der Waals surface area contributed by atoms with Gasteiger partial charge >= 0.3 is 17.9 Å². The molecule has 0 aromatic carbocycles. The summed E-state index contributed by atoms with van der Waals surface area (Å²) in [5.74, 6) is -1.06. The number of rotatable bonds is 47. The standard InChI is InChI=1S/C61H98O6/c1-4-7-10-13-16-19-22-25-28-30-33-36-39-42-45-48-51-54-60(63)66-57-58(56-65-59(62)53-50-47-44-41-38-35-32-27-24-21-18-15-12-9-6-3)67-61(64)55-52-49-46-43-40-37-34-31-29-26-23-20-17-14-11-8-5-2/h7,10,16-17,19-20,25-29,32-34,36-37,42-43,45-46,58H,4-6,8-9,11-15,18,21-24,30-31,35,38-41,44,47-57H2,1-3H3/b10-7-,19-16-,20-17-,28-25-,29-26-,32-27-,36-33-,37-34-,45-42-,46-43-/t58-/m0/s1. The van der Waals surface area contributed by atoms with Gasteiger partial charge in [0.1, 0.15) is 13.2 Å². The Morgan fingerprint density at radius 2 is 0.597 bits per heavy atom. The van der Waals surface area contributed by atoms with Crippen LogP contribution in [0.25, 0.3) is 0 Å². The van der Waals surface area contributed by atoms with Gasteiger partial charge in [0.05, 0.1) is 0 Å². The van der Waals surface area contributed by atoms with Gasteiger partial charge in [0.15, 0.2) is 6.10 Å². The third-order valence-corrected chi connectivity index (χ3v) is 10.9. The maximum Gasteiger partial charge on any atom is 0.306 e. The molecule has 0 N–H and O–H groups in total. The molecular weight excluding hydrogens is 829 g/mol. The molecule has 0 spiro atoms. The van der Waals surface area contributed by atoms with E-state index in [9.17, 15) is 14.4 Å². The molecule has 1 atom stereocenters. The second-order valence-corrected chi connectivity index (χ2v) is 17.4. The predicted molar refractivity (Wildman–Crippen MR) is 288 cm³/mol. The van der Waals surface area contributed by atoms with Gasteiger partial charge in [0.2, 0.25) is 0 Å². The zero-order valence-electron chi connectivity index (χ0n) is 43.1. The lowest BCUT2D eigenvalue weighted by molar-refractivity contribution is -0.167. The molecule has 0 fully saturated rings. The third-order valence-electron chi connectivity index (χ3n) is 10.9. The first-order chi connectivity index (χ1) is 33.0. The fourth-order valence-corrected chi connectivity index (χ4v) is 6.88. The van der Waals surface area contributed by atoms with Gasteiger partial charge in [0.25, 0.3) is 0 Å². The van der Waals surface area contributed by atoms with Crippen LogP contribution in [-0.4, -0.2) is 37.2 Å². The molecule has 0 saturated heterocycles. The highest BCUT2D eigenvalue weighted by atomic mass is 16.6. The lowest BCUT2D eigenvalue weighted by Gasteiger charge is -2.18.